The van der Waals surface area contributed by atoms with Crippen LogP contribution >= 0.6 is 0 Å². The van der Waals surface area contributed by atoms with Crippen LogP contribution in [0.5, 0.6) is 23.1 Å². The molecule has 0 fully saturated rings. The molecule has 1 amide bonds. The lowest BCUT2D eigenvalue weighted by atomic mass is 10.1. The zero-order valence-corrected chi connectivity index (χ0v) is 17.8. The van der Waals surface area contributed by atoms with Gasteiger partial charge >= 0.3 is 0 Å². The number of nitrogens with one attached hydrogen (secondary N) is 1. The molecule has 8 nitrogen and oxygen atoms in total. The highest BCUT2D eigenvalue weighted by Gasteiger charge is 2.13. The van der Waals surface area contributed by atoms with Crippen molar-refractivity contribution in [1.29, 1.82) is 0 Å². The summed E-state index contributed by atoms with van der Waals surface area (Å²) in [5.74, 6) is 1.98. The van der Waals surface area contributed by atoms with Crippen molar-refractivity contribution in [2.75, 3.05) is 34.0 Å². The predicted molar refractivity (Wildman–Crippen MR) is 116 cm³/mol. The Morgan fingerprint density at radius 3 is 2.32 bits per heavy atom. The van der Waals surface area contributed by atoms with Gasteiger partial charge in [0, 0.05) is 17.7 Å². The molecular formula is C23H25N3O5. The third-order valence-corrected chi connectivity index (χ3v) is 4.39. The molecule has 31 heavy (non-hydrogen) atoms. The predicted octanol–water partition coefficient (Wildman–Crippen LogP) is 3.37. The lowest BCUT2D eigenvalue weighted by Crippen LogP contribution is -2.28. The van der Waals surface area contributed by atoms with E-state index in [1.807, 2.05) is 37.3 Å². The van der Waals surface area contributed by atoms with Crippen LogP contribution in [0.2, 0.25) is 0 Å². The van der Waals surface area contributed by atoms with Gasteiger partial charge in [-0.1, -0.05) is 0 Å². The van der Waals surface area contributed by atoms with E-state index < -0.39 is 0 Å². The molecule has 8 heteroatoms. The van der Waals surface area contributed by atoms with Crippen molar-refractivity contribution >= 4 is 5.91 Å². The number of rotatable bonds is 10. The maximum absolute atomic E-state index is 12.4. The van der Waals surface area contributed by atoms with Gasteiger partial charge in [0.2, 0.25) is 5.88 Å². The summed E-state index contributed by atoms with van der Waals surface area (Å²) in [6.45, 7) is 3.12. The van der Waals surface area contributed by atoms with E-state index in [1.54, 1.807) is 31.4 Å². The highest BCUT2D eigenvalue weighted by atomic mass is 16.5. The Bertz CT molecular complexity index is 991. The van der Waals surface area contributed by atoms with E-state index >= 15 is 0 Å². The fourth-order valence-electron chi connectivity index (χ4n) is 2.84. The van der Waals surface area contributed by atoms with Crippen LogP contribution < -0.4 is 24.3 Å². The smallest absolute Gasteiger partial charge is 0.255 e. The largest absolute Gasteiger partial charge is 0.497 e. The van der Waals surface area contributed by atoms with E-state index in [2.05, 4.69) is 15.5 Å². The first-order valence-corrected chi connectivity index (χ1v) is 9.84. The molecule has 3 rings (SSSR count). The molecule has 3 aromatic rings. The highest BCUT2D eigenvalue weighted by molar-refractivity contribution is 5.97. The van der Waals surface area contributed by atoms with Gasteiger partial charge in [0.25, 0.3) is 5.91 Å². The summed E-state index contributed by atoms with van der Waals surface area (Å²) >= 11 is 0. The zero-order chi connectivity index (χ0) is 22.1. The van der Waals surface area contributed by atoms with Crippen molar-refractivity contribution in [2.24, 2.45) is 0 Å². The molecule has 2 aromatic carbocycles. The summed E-state index contributed by atoms with van der Waals surface area (Å²) in [7, 11) is 3.06. The van der Waals surface area contributed by atoms with Gasteiger partial charge in [0.1, 0.15) is 23.9 Å². The van der Waals surface area contributed by atoms with Crippen molar-refractivity contribution < 1.29 is 23.7 Å². The van der Waals surface area contributed by atoms with E-state index in [1.165, 1.54) is 7.11 Å². The molecule has 0 radical (unpaired) electrons. The van der Waals surface area contributed by atoms with E-state index in [0.29, 0.717) is 36.1 Å². The number of carbonyl (C=O) groups excluding carboxylic acids is 1. The molecule has 162 valence electrons. The number of amides is 1. The lowest BCUT2D eigenvalue weighted by Gasteiger charge is -2.11. The van der Waals surface area contributed by atoms with Gasteiger partial charge < -0.3 is 24.3 Å². The average molecular weight is 423 g/mol. The molecule has 0 aliphatic rings. The second-order valence-electron chi connectivity index (χ2n) is 6.38. The molecule has 0 aliphatic carbocycles. The summed E-state index contributed by atoms with van der Waals surface area (Å²) in [5.41, 5.74) is 2.08. The molecule has 0 bridgehead atoms. The third kappa shape index (κ3) is 5.85. The monoisotopic (exact) mass is 423 g/mol. The molecule has 0 spiro atoms. The molecular weight excluding hydrogens is 398 g/mol. The van der Waals surface area contributed by atoms with Crippen LogP contribution in [0.25, 0.3) is 11.3 Å². The van der Waals surface area contributed by atoms with E-state index in [-0.39, 0.29) is 12.5 Å². The normalized spacial score (nSPS) is 10.3. The van der Waals surface area contributed by atoms with Crippen LogP contribution in [0, 0.1) is 0 Å². The van der Waals surface area contributed by atoms with Gasteiger partial charge in [-0.05, 0) is 49.4 Å². The third-order valence-electron chi connectivity index (χ3n) is 4.39. The van der Waals surface area contributed by atoms with E-state index in [0.717, 1.165) is 17.0 Å². The van der Waals surface area contributed by atoms with Gasteiger partial charge in [-0.15, -0.1) is 10.2 Å². The van der Waals surface area contributed by atoms with Crippen LogP contribution in [0.1, 0.15) is 17.3 Å². The minimum Gasteiger partial charge on any atom is -0.497 e. The number of benzene rings is 2. The number of nitrogens with zero attached hydrogens (tertiary/aromatic N) is 2. The molecule has 0 aliphatic heterocycles. The van der Waals surface area contributed by atoms with Crippen molar-refractivity contribution in [3.05, 3.63) is 60.2 Å². The summed E-state index contributed by atoms with van der Waals surface area (Å²) in [5, 5.41) is 11.1. The Balaban J connectivity index is 1.49. The second kappa shape index (κ2) is 10.8. The molecule has 0 saturated carbocycles. The van der Waals surface area contributed by atoms with Crippen LogP contribution in [0.3, 0.4) is 0 Å². The molecule has 0 saturated heterocycles. The summed E-state index contributed by atoms with van der Waals surface area (Å²) in [6, 6.07) is 16.2. The first-order chi connectivity index (χ1) is 15.1. The molecule has 0 atom stereocenters. The average Bonchev–Trinajstić information content (AvgIpc) is 2.82. The number of aromatic nitrogens is 2. The highest BCUT2D eigenvalue weighted by Crippen LogP contribution is 2.24. The van der Waals surface area contributed by atoms with Crippen molar-refractivity contribution in [3.63, 3.8) is 0 Å². The fourth-order valence-corrected chi connectivity index (χ4v) is 2.84. The SMILES string of the molecule is CCOc1ccc(-c2ccc(OCCNC(=O)c3ccc(OC)cc3OC)nn2)cc1. The summed E-state index contributed by atoms with van der Waals surface area (Å²) in [4.78, 5) is 12.4. The van der Waals surface area contributed by atoms with Gasteiger partial charge in [0.05, 0.1) is 38.6 Å². The standard InChI is InChI=1S/C23H25N3O5/c1-4-30-17-7-5-16(6-8-17)20-11-12-22(26-25-20)31-14-13-24-23(27)19-10-9-18(28-2)15-21(19)29-3/h5-12,15H,4,13-14H2,1-3H3,(H,24,27). The van der Waals surface area contributed by atoms with Crippen LogP contribution in [-0.2, 0) is 0 Å². The molecule has 1 aromatic heterocycles. The van der Waals surface area contributed by atoms with Crippen LogP contribution in [0.15, 0.2) is 54.6 Å². The first kappa shape index (κ1) is 21.9. The molecule has 0 unspecified atom stereocenters. The Morgan fingerprint density at radius 2 is 1.68 bits per heavy atom. The Morgan fingerprint density at radius 1 is 0.903 bits per heavy atom. The maximum atomic E-state index is 12.4. The van der Waals surface area contributed by atoms with Crippen LogP contribution in [-0.4, -0.2) is 50.1 Å². The Hall–Kier alpha value is -3.81. The number of methoxy groups -OCH3 is 2. The minimum absolute atomic E-state index is 0.251. The van der Waals surface area contributed by atoms with Gasteiger partial charge in [-0.2, -0.15) is 0 Å². The van der Waals surface area contributed by atoms with Crippen molar-refractivity contribution in [3.8, 4) is 34.4 Å². The maximum Gasteiger partial charge on any atom is 0.255 e. The Kier molecular flexibility index (Phi) is 7.64. The topological polar surface area (TPSA) is 91.8 Å². The number of carbonyl (C=O) groups is 1. The number of ether oxygens (including phenoxy) is 4. The van der Waals surface area contributed by atoms with Crippen molar-refractivity contribution in [2.45, 2.75) is 6.92 Å². The van der Waals surface area contributed by atoms with E-state index in [4.69, 9.17) is 18.9 Å². The Labute approximate surface area is 181 Å². The zero-order valence-electron chi connectivity index (χ0n) is 17.8. The van der Waals surface area contributed by atoms with Crippen LogP contribution in [0.4, 0.5) is 0 Å². The lowest BCUT2D eigenvalue weighted by molar-refractivity contribution is 0.0943. The second-order valence-corrected chi connectivity index (χ2v) is 6.38. The van der Waals surface area contributed by atoms with E-state index in [9.17, 15) is 4.79 Å². The van der Waals surface area contributed by atoms with Gasteiger partial charge in [0.15, 0.2) is 0 Å². The first-order valence-electron chi connectivity index (χ1n) is 9.84. The fraction of sp³-hybridized carbons (Fsp3) is 0.261. The molecule has 1 heterocycles. The number of hydrogen-bond donors (Lipinski definition) is 1. The van der Waals surface area contributed by atoms with Gasteiger partial charge in [-0.3, -0.25) is 4.79 Å². The number of hydrogen-bond acceptors (Lipinski definition) is 7. The molecule has 1 N–H and O–H groups in total. The van der Waals surface area contributed by atoms with Crippen molar-refractivity contribution in [1.82, 2.24) is 15.5 Å². The minimum atomic E-state index is -0.264. The summed E-state index contributed by atoms with van der Waals surface area (Å²) < 4.78 is 21.4. The quantitative estimate of drug-likeness (QED) is 0.500. The summed E-state index contributed by atoms with van der Waals surface area (Å²) in [6.07, 6.45) is 0. The van der Waals surface area contributed by atoms with Gasteiger partial charge in [-0.25, -0.2) is 0 Å².